The van der Waals surface area contributed by atoms with Crippen LogP contribution in [0, 0.1) is 5.82 Å². The second-order valence-electron chi connectivity index (χ2n) is 3.99. The van der Waals surface area contributed by atoms with Gasteiger partial charge in [-0.15, -0.1) is 0 Å². The summed E-state index contributed by atoms with van der Waals surface area (Å²) in [6, 6.07) is 2.47. The highest BCUT2D eigenvalue weighted by Crippen LogP contribution is 2.27. The molecule has 0 bridgehead atoms. The summed E-state index contributed by atoms with van der Waals surface area (Å²) in [6.45, 7) is 2.31. The summed E-state index contributed by atoms with van der Waals surface area (Å²) in [5, 5.41) is 0. The van der Waals surface area contributed by atoms with E-state index in [1.165, 1.54) is 13.1 Å². The zero-order valence-corrected chi connectivity index (χ0v) is 12.7. The molecule has 1 rings (SSSR count). The summed E-state index contributed by atoms with van der Waals surface area (Å²) in [7, 11) is -2.41. The van der Waals surface area contributed by atoms with Crippen molar-refractivity contribution >= 4 is 31.6 Å². The van der Waals surface area contributed by atoms with Crippen molar-refractivity contribution in [3.63, 3.8) is 0 Å². The molecule has 1 aromatic carbocycles. The first-order valence-corrected chi connectivity index (χ1v) is 7.74. The van der Waals surface area contributed by atoms with E-state index in [4.69, 9.17) is 5.73 Å². The van der Waals surface area contributed by atoms with Gasteiger partial charge in [-0.1, -0.05) is 13.3 Å². The van der Waals surface area contributed by atoms with Gasteiger partial charge in [-0.3, -0.25) is 0 Å². The van der Waals surface area contributed by atoms with Gasteiger partial charge in [0.1, 0.15) is 4.90 Å². The average molecular weight is 339 g/mol. The average Bonchev–Trinajstić information content (AvgIpc) is 2.30. The van der Waals surface area contributed by atoms with Crippen molar-refractivity contribution in [2.24, 2.45) is 0 Å². The molecule has 0 atom stereocenters. The molecular formula is C11H16BrFN2O2S. The van der Waals surface area contributed by atoms with Crippen molar-refractivity contribution in [2.75, 3.05) is 19.3 Å². The molecule has 0 saturated heterocycles. The third-order valence-corrected chi connectivity index (χ3v) is 4.97. The quantitative estimate of drug-likeness (QED) is 0.839. The number of anilines is 1. The van der Waals surface area contributed by atoms with E-state index < -0.39 is 20.7 Å². The molecule has 0 aromatic heterocycles. The first-order chi connectivity index (χ1) is 8.30. The maximum atomic E-state index is 13.9. The zero-order valence-electron chi connectivity index (χ0n) is 10.3. The molecule has 0 amide bonds. The Morgan fingerprint density at radius 3 is 2.61 bits per heavy atom. The van der Waals surface area contributed by atoms with E-state index in [1.807, 2.05) is 6.92 Å². The Morgan fingerprint density at radius 1 is 1.44 bits per heavy atom. The van der Waals surface area contributed by atoms with Gasteiger partial charge in [-0.2, -0.15) is 0 Å². The molecule has 0 saturated carbocycles. The fraction of sp³-hybridized carbons (Fsp3) is 0.455. The minimum absolute atomic E-state index is 0.0463. The van der Waals surface area contributed by atoms with Crippen LogP contribution < -0.4 is 5.73 Å². The summed E-state index contributed by atoms with van der Waals surface area (Å²) in [6.07, 6.45) is 1.59. The lowest BCUT2D eigenvalue weighted by Gasteiger charge is -2.17. The van der Waals surface area contributed by atoms with Crippen LogP contribution in [-0.2, 0) is 10.0 Å². The van der Waals surface area contributed by atoms with E-state index in [0.29, 0.717) is 6.54 Å². The first kappa shape index (κ1) is 15.4. The van der Waals surface area contributed by atoms with Crippen LogP contribution >= 0.6 is 15.9 Å². The van der Waals surface area contributed by atoms with Crippen LogP contribution in [0.5, 0.6) is 0 Å². The summed E-state index contributed by atoms with van der Waals surface area (Å²) < 4.78 is 39.4. The zero-order chi connectivity index (χ0) is 13.9. The van der Waals surface area contributed by atoms with Crippen LogP contribution in [0.15, 0.2) is 21.5 Å². The molecule has 0 aliphatic carbocycles. The normalized spacial score (nSPS) is 12.1. The van der Waals surface area contributed by atoms with Crippen LogP contribution in [0.25, 0.3) is 0 Å². The summed E-state index contributed by atoms with van der Waals surface area (Å²) in [5.74, 6) is -0.812. The lowest BCUT2D eigenvalue weighted by Crippen LogP contribution is -2.28. The van der Waals surface area contributed by atoms with Gasteiger partial charge in [-0.25, -0.2) is 17.1 Å². The molecule has 0 aliphatic rings. The van der Waals surface area contributed by atoms with E-state index in [2.05, 4.69) is 15.9 Å². The lowest BCUT2D eigenvalue weighted by atomic mass is 10.3. The van der Waals surface area contributed by atoms with E-state index in [-0.39, 0.29) is 10.2 Å². The van der Waals surface area contributed by atoms with Gasteiger partial charge in [0.25, 0.3) is 0 Å². The van der Waals surface area contributed by atoms with Gasteiger partial charge in [-0.05, 0) is 34.5 Å². The van der Waals surface area contributed by atoms with E-state index >= 15 is 0 Å². The highest BCUT2D eigenvalue weighted by molar-refractivity contribution is 9.10. The first-order valence-electron chi connectivity index (χ1n) is 5.51. The van der Waals surface area contributed by atoms with E-state index in [0.717, 1.165) is 23.2 Å². The number of nitrogens with zero attached hydrogens (tertiary/aromatic N) is 1. The predicted octanol–water partition coefficient (Wildman–Crippen LogP) is 2.59. The Labute approximate surface area is 115 Å². The Morgan fingerprint density at radius 2 is 2.06 bits per heavy atom. The molecule has 0 heterocycles. The standard InChI is InChI=1S/C11H16BrFN2O2S/c1-3-4-5-15(2)18(16,17)10-7-8(14)6-9(12)11(10)13/h6-7H,3-5,14H2,1-2H3. The molecule has 4 nitrogen and oxygen atoms in total. The van der Waals surface area contributed by atoms with Crippen LogP contribution in [0.2, 0.25) is 0 Å². The van der Waals surface area contributed by atoms with Crippen molar-refractivity contribution in [3.8, 4) is 0 Å². The highest BCUT2D eigenvalue weighted by atomic mass is 79.9. The van der Waals surface area contributed by atoms with Gasteiger partial charge in [0.15, 0.2) is 5.82 Å². The minimum atomic E-state index is -3.84. The number of benzene rings is 1. The van der Waals surface area contributed by atoms with Gasteiger partial charge in [0.05, 0.1) is 4.47 Å². The Kier molecular flexibility index (Phi) is 5.12. The SMILES string of the molecule is CCCCN(C)S(=O)(=O)c1cc(N)cc(Br)c1F. The molecule has 0 fully saturated rings. The second-order valence-corrected chi connectivity index (χ2v) is 6.86. The van der Waals surface area contributed by atoms with Crippen molar-refractivity contribution in [2.45, 2.75) is 24.7 Å². The van der Waals surface area contributed by atoms with Crippen molar-refractivity contribution in [3.05, 3.63) is 22.4 Å². The molecule has 102 valence electrons. The number of hydrogen-bond donors (Lipinski definition) is 1. The molecular weight excluding hydrogens is 323 g/mol. The number of halogens is 2. The maximum Gasteiger partial charge on any atom is 0.245 e. The Balaban J connectivity index is 3.20. The number of hydrogen-bond acceptors (Lipinski definition) is 3. The van der Waals surface area contributed by atoms with Crippen LogP contribution in [0.3, 0.4) is 0 Å². The predicted molar refractivity (Wildman–Crippen MR) is 73.2 cm³/mol. The third kappa shape index (κ3) is 3.21. The van der Waals surface area contributed by atoms with E-state index in [1.54, 1.807) is 0 Å². The van der Waals surface area contributed by atoms with Gasteiger partial charge in [0.2, 0.25) is 10.0 Å². The molecule has 0 aliphatic heterocycles. The number of unbranched alkanes of at least 4 members (excludes halogenated alkanes) is 1. The topological polar surface area (TPSA) is 63.4 Å². The smallest absolute Gasteiger partial charge is 0.245 e. The lowest BCUT2D eigenvalue weighted by molar-refractivity contribution is 0.453. The molecule has 0 radical (unpaired) electrons. The molecule has 7 heteroatoms. The molecule has 18 heavy (non-hydrogen) atoms. The highest BCUT2D eigenvalue weighted by Gasteiger charge is 2.25. The van der Waals surface area contributed by atoms with Crippen LogP contribution in [-0.4, -0.2) is 26.3 Å². The van der Waals surface area contributed by atoms with Crippen LogP contribution in [0.1, 0.15) is 19.8 Å². The Hall–Kier alpha value is -0.660. The van der Waals surface area contributed by atoms with Crippen molar-refractivity contribution in [1.82, 2.24) is 4.31 Å². The molecule has 0 unspecified atom stereocenters. The summed E-state index contributed by atoms with van der Waals surface area (Å²) in [5.41, 5.74) is 5.75. The monoisotopic (exact) mass is 338 g/mol. The summed E-state index contributed by atoms with van der Waals surface area (Å²) in [4.78, 5) is -0.395. The van der Waals surface area contributed by atoms with E-state index in [9.17, 15) is 12.8 Å². The fourth-order valence-corrected chi connectivity index (χ4v) is 3.38. The van der Waals surface area contributed by atoms with Gasteiger partial charge in [0, 0.05) is 19.3 Å². The number of sulfonamides is 1. The Bertz CT molecular complexity index is 534. The largest absolute Gasteiger partial charge is 0.399 e. The minimum Gasteiger partial charge on any atom is -0.399 e. The second kappa shape index (κ2) is 5.99. The van der Waals surface area contributed by atoms with Crippen molar-refractivity contribution < 1.29 is 12.8 Å². The maximum absolute atomic E-state index is 13.9. The molecule has 2 N–H and O–H groups in total. The van der Waals surface area contributed by atoms with Crippen LogP contribution in [0.4, 0.5) is 10.1 Å². The summed E-state index contributed by atoms with van der Waals surface area (Å²) >= 11 is 2.95. The third-order valence-electron chi connectivity index (χ3n) is 2.53. The number of rotatable bonds is 5. The van der Waals surface area contributed by atoms with Gasteiger partial charge >= 0.3 is 0 Å². The number of nitrogens with two attached hydrogens (primary N) is 1. The fourth-order valence-electron chi connectivity index (χ4n) is 1.44. The van der Waals surface area contributed by atoms with Crippen molar-refractivity contribution in [1.29, 1.82) is 0 Å². The molecule has 1 aromatic rings. The van der Waals surface area contributed by atoms with Gasteiger partial charge < -0.3 is 5.73 Å². The number of nitrogen functional groups attached to an aromatic ring is 1. The molecule has 0 spiro atoms.